The quantitative estimate of drug-likeness (QED) is 0.391. The van der Waals surface area contributed by atoms with E-state index in [2.05, 4.69) is 4.90 Å². The first-order valence-electron chi connectivity index (χ1n) is 11.9. The van der Waals surface area contributed by atoms with Gasteiger partial charge < -0.3 is 9.32 Å². The molecule has 1 amide bonds. The van der Waals surface area contributed by atoms with Crippen molar-refractivity contribution >= 4 is 5.91 Å². The van der Waals surface area contributed by atoms with Gasteiger partial charge >= 0.3 is 6.18 Å². The largest absolute Gasteiger partial charge is 0.468 e. The van der Waals surface area contributed by atoms with Gasteiger partial charge in [0.15, 0.2) is 0 Å². The highest BCUT2D eigenvalue weighted by atomic mass is 19.4. The van der Waals surface area contributed by atoms with Crippen LogP contribution in [0.3, 0.4) is 0 Å². The summed E-state index contributed by atoms with van der Waals surface area (Å²) in [5.74, 6) is 0.585. The molecular weight excluding hydrogens is 453 g/mol. The maximum atomic E-state index is 13.4. The fourth-order valence-corrected chi connectivity index (χ4v) is 4.86. The van der Waals surface area contributed by atoms with Gasteiger partial charge in [0.05, 0.1) is 18.4 Å². The van der Waals surface area contributed by atoms with Crippen LogP contribution in [0, 0.1) is 12.8 Å². The van der Waals surface area contributed by atoms with Gasteiger partial charge in [-0.3, -0.25) is 9.69 Å². The fourth-order valence-electron chi connectivity index (χ4n) is 4.86. The molecular formula is C28H31F3N2O2. The number of aryl methyl sites for hydroxylation is 1. The van der Waals surface area contributed by atoms with E-state index >= 15 is 0 Å². The normalized spacial score (nSPS) is 18.8. The van der Waals surface area contributed by atoms with E-state index in [1.807, 2.05) is 62.1 Å². The van der Waals surface area contributed by atoms with Crippen molar-refractivity contribution in [3.63, 3.8) is 0 Å². The van der Waals surface area contributed by atoms with Crippen LogP contribution in [0.4, 0.5) is 13.2 Å². The Balaban J connectivity index is 1.61. The molecule has 4 nitrogen and oxygen atoms in total. The molecule has 0 N–H and O–H groups in total. The van der Waals surface area contributed by atoms with Crippen molar-refractivity contribution in [1.29, 1.82) is 0 Å². The molecule has 186 valence electrons. The Labute approximate surface area is 204 Å². The van der Waals surface area contributed by atoms with Crippen LogP contribution in [0.15, 0.2) is 71.3 Å². The Kier molecular flexibility index (Phi) is 7.36. The van der Waals surface area contributed by atoms with Crippen LogP contribution in [0.25, 0.3) is 0 Å². The van der Waals surface area contributed by atoms with Gasteiger partial charge in [-0.1, -0.05) is 35.9 Å². The molecule has 1 aliphatic heterocycles. The van der Waals surface area contributed by atoms with Crippen molar-refractivity contribution < 1.29 is 22.4 Å². The van der Waals surface area contributed by atoms with Crippen molar-refractivity contribution in [2.24, 2.45) is 5.92 Å². The van der Waals surface area contributed by atoms with E-state index < -0.39 is 11.7 Å². The maximum absolute atomic E-state index is 13.4. The molecule has 1 fully saturated rings. The van der Waals surface area contributed by atoms with Crippen LogP contribution in [-0.4, -0.2) is 41.4 Å². The standard InChI is InChI=1S/C28H31F3N2O2/c1-19(2)33(27(34)21-11-9-20(3)10-12-21)16-23-15-32(17-25-8-5-13-35-25)18-26(23)22-6-4-7-24(14-22)28(29,30)31/h4-14,19,23,26H,15-18H2,1-3H3/t23-,26-/m0/s1. The van der Waals surface area contributed by atoms with E-state index in [1.165, 1.54) is 12.1 Å². The molecule has 2 aromatic carbocycles. The Morgan fingerprint density at radius 1 is 1.09 bits per heavy atom. The summed E-state index contributed by atoms with van der Waals surface area (Å²) in [6.07, 6.45) is -2.78. The summed E-state index contributed by atoms with van der Waals surface area (Å²) in [5, 5.41) is 0. The summed E-state index contributed by atoms with van der Waals surface area (Å²) in [6.45, 7) is 8.21. The van der Waals surface area contributed by atoms with Gasteiger partial charge in [-0.05, 0) is 62.6 Å². The first-order valence-corrected chi connectivity index (χ1v) is 11.9. The Morgan fingerprint density at radius 2 is 1.83 bits per heavy atom. The van der Waals surface area contributed by atoms with Crippen molar-refractivity contribution in [2.45, 2.75) is 45.5 Å². The molecule has 0 radical (unpaired) electrons. The summed E-state index contributed by atoms with van der Waals surface area (Å²) < 4.78 is 45.8. The van der Waals surface area contributed by atoms with Gasteiger partial charge in [0.2, 0.25) is 0 Å². The number of likely N-dealkylation sites (tertiary alicyclic amines) is 1. The molecule has 0 unspecified atom stereocenters. The van der Waals surface area contributed by atoms with Crippen molar-refractivity contribution in [3.05, 3.63) is 94.9 Å². The average molecular weight is 485 g/mol. The summed E-state index contributed by atoms with van der Waals surface area (Å²) in [5.41, 5.74) is 1.70. The zero-order valence-corrected chi connectivity index (χ0v) is 20.3. The lowest BCUT2D eigenvalue weighted by molar-refractivity contribution is -0.137. The number of furan rings is 1. The number of amides is 1. The second-order valence-electron chi connectivity index (χ2n) is 9.68. The molecule has 35 heavy (non-hydrogen) atoms. The fraction of sp³-hybridized carbons (Fsp3) is 0.393. The third kappa shape index (κ3) is 5.96. The van der Waals surface area contributed by atoms with E-state index in [4.69, 9.17) is 4.42 Å². The SMILES string of the molecule is Cc1ccc(C(=O)N(C[C@@H]2CN(Cc3ccco3)C[C@H]2c2cccc(C(F)(F)F)c2)C(C)C)cc1. The molecule has 1 aromatic heterocycles. The first kappa shape index (κ1) is 25.0. The van der Waals surface area contributed by atoms with E-state index in [0.29, 0.717) is 37.3 Å². The number of carbonyl (C=O) groups excluding carboxylic acids is 1. The van der Waals surface area contributed by atoms with Crippen LogP contribution >= 0.6 is 0 Å². The lowest BCUT2D eigenvalue weighted by Crippen LogP contribution is -2.42. The van der Waals surface area contributed by atoms with Crippen molar-refractivity contribution in [1.82, 2.24) is 9.80 Å². The number of hydrogen-bond donors (Lipinski definition) is 0. The molecule has 4 rings (SSSR count). The van der Waals surface area contributed by atoms with Gasteiger partial charge in [0.1, 0.15) is 5.76 Å². The molecule has 2 atom stereocenters. The summed E-state index contributed by atoms with van der Waals surface area (Å²) in [6, 6.07) is 16.8. The predicted molar refractivity (Wildman–Crippen MR) is 129 cm³/mol. The third-order valence-electron chi connectivity index (χ3n) is 6.73. The zero-order valence-electron chi connectivity index (χ0n) is 20.3. The molecule has 0 bridgehead atoms. The highest BCUT2D eigenvalue weighted by molar-refractivity contribution is 5.94. The molecule has 0 saturated carbocycles. The summed E-state index contributed by atoms with van der Waals surface area (Å²) in [4.78, 5) is 17.4. The topological polar surface area (TPSA) is 36.7 Å². The molecule has 1 saturated heterocycles. The monoisotopic (exact) mass is 484 g/mol. The van der Waals surface area contributed by atoms with Crippen LogP contribution < -0.4 is 0 Å². The van der Waals surface area contributed by atoms with Gasteiger partial charge in [-0.2, -0.15) is 13.2 Å². The molecule has 1 aliphatic rings. The van der Waals surface area contributed by atoms with Gasteiger partial charge in [0, 0.05) is 37.2 Å². The Morgan fingerprint density at radius 3 is 2.46 bits per heavy atom. The highest BCUT2D eigenvalue weighted by Gasteiger charge is 2.38. The smallest absolute Gasteiger partial charge is 0.416 e. The van der Waals surface area contributed by atoms with Gasteiger partial charge in [-0.25, -0.2) is 0 Å². The minimum absolute atomic E-state index is 0.0229. The number of carbonyl (C=O) groups is 1. The molecule has 7 heteroatoms. The lowest BCUT2D eigenvalue weighted by Gasteiger charge is -2.32. The number of alkyl halides is 3. The zero-order chi connectivity index (χ0) is 25.2. The van der Waals surface area contributed by atoms with Crippen molar-refractivity contribution in [2.75, 3.05) is 19.6 Å². The summed E-state index contributed by atoms with van der Waals surface area (Å²) in [7, 11) is 0. The lowest BCUT2D eigenvalue weighted by atomic mass is 9.87. The minimum Gasteiger partial charge on any atom is -0.468 e. The van der Waals surface area contributed by atoms with E-state index in [1.54, 1.807) is 12.3 Å². The van der Waals surface area contributed by atoms with Gasteiger partial charge in [0.25, 0.3) is 5.91 Å². The van der Waals surface area contributed by atoms with Gasteiger partial charge in [-0.15, -0.1) is 0 Å². The number of rotatable bonds is 7. The minimum atomic E-state index is -4.40. The molecule has 0 aliphatic carbocycles. The Hall–Kier alpha value is -3.06. The van der Waals surface area contributed by atoms with Crippen LogP contribution in [0.5, 0.6) is 0 Å². The predicted octanol–water partition coefficient (Wildman–Crippen LogP) is 6.37. The second-order valence-corrected chi connectivity index (χ2v) is 9.68. The molecule has 2 heterocycles. The number of halogens is 3. The number of hydrogen-bond acceptors (Lipinski definition) is 3. The molecule has 3 aromatic rings. The first-order chi connectivity index (χ1) is 16.6. The summed E-state index contributed by atoms with van der Waals surface area (Å²) >= 11 is 0. The van der Waals surface area contributed by atoms with Crippen LogP contribution in [0.1, 0.15) is 52.6 Å². The average Bonchev–Trinajstić information content (AvgIpc) is 3.47. The van der Waals surface area contributed by atoms with E-state index in [9.17, 15) is 18.0 Å². The van der Waals surface area contributed by atoms with E-state index in [-0.39, 0.29) is 23.8 Å². The van der Waals surface area contributed by atoms with Crippen molar-refractivity contribution in [3.8, 4) is 0 Å². The highest BCUT2D eigenvalue weighted by Crippen LogP contribution is 2.37. The van der Waals surface area contributed by atoms with E-state index in [0.717, 1.165) is 17.4 Å². The number of benzene rings is 2. The molecule has 0 spiro atoms. The van der Waals surface area contributed by atoms with Crippen LogP contribution in [-0.2, 0) is 12.7 Å². The van der Waals surface area contributed by atoms with Crippen LogP contribution in [0.2, 0.25) is 0 Å². The number of nitrogens with zero attached hydrogens (tertiary/aromatic N) is 2. The third-order valence-corrected chi connectivity index (χ3v) is 6.73. The second kappa shape index (κ2) is 10.3. The Bertz CT molecular complexity index is 1120. The maximum Gasteiger partial charge on any atom is 0.416 e.